The maximum absolute atomic E-state index is 12.5. The summed E-state index contributed by atoms with van der Waals surface area (Å²) in [6, 6.07) is 3.55. The molecule has 1 aromatic heterocycles. The van der Waals surface area contributed by atoms with Crippen LogP contribution >= 0.6 is 0 Å². The Labute approximate surface area is 115 Å². The van der Waals surface area contributed by atoms with Crippen LogP contribution < -0.4 is 5.32 Å². The summed E-state index contributed by atoms with van der Waals surface area (Å²) in [6.07, 6.45) is 4.38. The lowest BCUT2D eigenvalue weighted by Gasteiger charge is -2.22. The Morgan fingerprint density at radius 3 is 2.84 bits per heavy atom. The molecule has 1 aliphatic rings. The van der Waals surface area contributed by atoms with Gasteiger partial charge in [0.1, 0.15) is 0 Å². The van der Waals surface area contributed by atoms with E-state index in [1.165, 1.54) is 0 Å². The van der Waals surface area contributed by atoms with Gasteiger partial charge in [0.25, 0.3) is 10.0 Å². The number of nitrogens with one attached hydrogen (secondary N) is 1. The van der Waals surface area contributed by atoms with Crippen LogP contribution in [0.3, 0.4) is 0 Å². The smallest absolute Gasteiger partial charge is 0.260 e. The van der Waals surface area contributed by atoms with E-state index in [1.807, 2.05) is 20.0 Å². The zero-order valence-electron chi connectivity index (χ0n) is 11.5. The molecule has 6 heteroatoms. The molecule has 1 aliphatic heterocycles. The second kappa shape index (κ2) is 5.98. The van der Waals surface area contributed by atoms with Gasteiger partial charge in [-0.1, -0.05) is 13.0 Å². The van der Waals surface area contributed by atoms with Gasteiger partial charge in [0.05, 0.1) is 0 Å². The van der Waals surface area contributed by atoms with Crippen LogP contribution in [0.4, 0.5) is 0 Å². The minimum absolute atomic E-state index is 0.129. The molecule has 19 heavy (non-hydrogen) atoms. The summed E-state index contributed by atoms with van der Waals surface area (Å²) < 4.78 is 26.6. The molecule has 1 saturated heterocycles. The van der Waals surface area contributed by atoms with E-state index in [1.54, 1.807) is 16.6 Å². The third-order valence-corrected chi connectivity index (χ3v) is 5.41. The first-order valence-electron chi connectivity index (χ1n) is 6.71. The molecule has 2 heterocycles. The van der Waals surface area contributed by atoms with Crippen LogP contribution in [0.5, 0.6) is 0 Å². The van der Waals surface area contributed by atoms with E-state index >= 15 is 0 Å². The van der Waals surface area contributed by atoms with E-state index in [9.17, 15) is 8.42 Å². The van der Waals surface area contributed by atoms with Crippen LogP contribution in [-0.2, 0) is 16.6 Å². The monoisotopic (exact) mass is 283 g/mol. The number of hydrogen-bond acceptors (Lipinski definition) is 4. The van der Waals surface area contributed by atoms with Crippen LogP contribution in [-0.4, -0.2) is 37.3 Å². The van der Waals surface area contributed by atoms with Gasteiger partial charge >= 0.3 is 0 Å². The molecule has 1 unspecified atom stereocenters. The highest BCUT2D eigenvalue weighted by Gasteiger charge is 2.34. The standard InChI is InChI=1S/C13H21N3O2S/c1-3-12-5-4-8-16(12)19(17,18)13-7-6-11(9-14-2)10-15-13/h6-7,10,12,14H,3-5,8-9H2,1-2H3. The lowest BCUT2D eigenvalue weighted by Crippen LogP contribution is -2.35. The SMILES string of the molecule is CCC1CCCN1S(=O)(=O)c1ccc(CNC)cn1. The fraction of sp³-hybridized carbons (Fsp3) is 0.615. The van der Waals surface area contributed by atoms with Crippen molar-refractivity contribution in [3.05, 3.63) is 23.9 Å². The number of pyridine rings is 1. The van der Waals surface area contributed by atoms with Crippen LogP contribution in [0, 0.1) is 0 Å². The highest BCUT2D eigenvalue weighted by Crippen LogP contribution is 2.26. The molecule has 0 saturated carbocycles. The van der Waals surface area contributed by atoms with E-state index in [4.69, 9.17) is 0 Å². The van der Waals surface area contributed by atoms with Crippen molar-refractivity contribution >= 4 is 10.0 Å². The number of aromatic nitrogens is 1. The molecule has 1 aromatic rings. The Morgan fingerprint density at radius 1 is 1.47 bits per heavy atom. The van der Waals surface area contributed by atoms with Gasteiger partial charge in [-0.15, -0.1) is 0 Å². The van der Waals surface area contributed by atoms with E-state index in [0.717, 1.165) is 24.8 Å². The zero-order valence-corrected chi connectivity index (χ0v) is 12.3. The topological polar surface area (TPSA) is 62.3 Å². The molecule has 0 aromatic carbocycles. The molecule has 0 aliphatic carbocycles. The number of sulfonamides is 1. The summed E-state index contributed by atoms with van der Waals surface area (Å²) in [6.45, 7) is 3.33. The van der Waals surface area contributed by atoms with Crippen LogP contribution in [0.15, 0.2) is 23.4 Å². The van der Waals surface area contributed by atoms with Gasteiger partial charge in [-0.3, -0.25) is 0 Å². The van der Waals surface area contributed by atoms with Crippen LogP contribution in [0.1, 0.15) is 31.7 Å². The Morgan fingerprint density at radius 2 is 2.26 bits per heavy atom. The largest absolute Gasteiger partial charge is 0.316 e. The summed E-state index contributed by atoms with van der Waals surface area (Å²) in [5.41, 5.74) is 0.981. The predicted octanol–water partition coefficient (Wildman–Crippen LogP) is 1.36. The van der Waals surface area contributed by atoms with Gasteiger partial charge in [0, 0.05) is 25.3 Å². The quantitative estimate of drug-likeness (QED) is 0.886. The minimum atomic E-state index is -3.43. The average Bonchev–Trinajstić information content (AvgIpc) is 2.89. The van der Waals surface area contributed by atoms with Crippen molar-refractivity contribution in [3.63, 3.8) is 0 Å². The minimum Gasteiger partial charge on any atom is -0.316 e. The Balaban J connectivity index is 2.24. The lowest BCUT2D eigenvalue weighted by atomic mass is 10.2. The van der Waals surface area contributed by atoms with Gasteiger partial charge in [-0.2, -0.15) is 4.31 Å². The first-order chi connectivity index (χ1) is 9.09. The zero-order chi connectivity index (χ0) is 13.9. The van der Waals surface area contributed by atoms with Crippen LogP contribution in [0.2, 0.25) is 0 Å². The van der Waals surface area contributed by atoms with Gasteiger partial charge in [-0.25, -0.2) is 13.4 Å². The summed E-state index contributed by atoms with van der Waals surface area (Å²) in [5.74, 6) is 0. The summed E-state index contributed by atoms with van der Waals surface area (Å²) in [4.78, 5) is 4.11. The third-order valence-electron chi connectivity index (χ3n) is 3.55. The molecule has 0 amide bonds. The molecule has 0 spiro atoms. The Kier molecular flexibility index (Phi) is 4.54. The summed E-state index contributed by atoms with van der Waals surface area (Å²) in [7, 11) is -1.58. The number of nitrogens with zero attached hydrogens (tertiary/aromatic N) is 2. The molecule has 106 valence electrons. The lowest BCUT2D eigenvalue weighted by molar-refractivity contribution is 0.378. The molecular formula is C13H21N3O2S. The molecule has 5 nitrogen and oxygen atoms in total. The van der Waals surface area contributed by atoms with Crippen molar-refractivity contribution < 1.29 is 8.42 Å². The Hall–Kier alpha value is -0.980. The molecule has 1 fully saturated rings. The van der Waals surface area contributed by atoms with Crippen molar-refractivity contribution in [1.29, 1.82) is 0 Å². The van der Waals surface area contributed by atoms with E-state index < -0.39 is 10.0 Å². The average molecular weight is 283 g/mol. The summed E-state index contributed by atoms with van der Waals surface area (Å²) >= 11 is 0. The van der Waals surface area contributed by atoms with Crippen LogP contribution in [0.25, 0.3) is 0 Å². The van der Waals surface area contributed by atoms with E-state index in [0.29, 0.717) is 13.1 Å². The summed E-state index contributed by atoms with van der Waals surface area (Å²) in [5, 5.41) is 3.17. The van der Waals surface area contributed by atoms with Gasteiger partial charge < -0.3 is 5.32 Å². The maximum Gasteiger partial charge on any atom is 0.260 e. The normalized spacial score (nSPS) is 20.8. The fourth-order valence-corrected chi connectivity index (χ4v) is 4.21. The van der Waals surface area contributed by atoms with E-state index in [-0.39, 0.29) is 11.1 Å². The second-order valence-corrected chi connectivity index (χ2v) is 6.69. The molecule has 1 N–H and O–H groups in total. The molecule has 2 rings (SSSR count). The van der Waals surface area contributed by atoms with Gasteiger partial charge in [0.2, 0.25) is 0 Å². The van der Waals surface area contributed by atoms with Gasteiger partial charge in [-0.05, 0) is 37.9 Å². The third kappa shape index (κ3) is 2.96. The fourth-order valence-electron chi connectivity index (χ4n) is 2.53. The maximum atomic E-state index is 12.5. The number of rotatable bonds is 5. The van der Waals surface area contributed by atoms with Crippen molar-refractivity contribution in [1.82, 2.24) is 14.6 Å². The molecule has 0 bridgehead atoms. The van der Waals surface area contributed by atoms with Crippen molar-refractivity contribution in [2.24, 2.45) is 0 Å². The number of hydrogen-bond donors (Lipinski definition) is 1. The Bertz CT molecular complexity index is 513. The van der Waals surface area contributed by atoms with Gasteiger partial charge in [0.15, 0.2) is 5.03 Å². The highest BCUT2D eigenvalue weighted by molar-refractivity contribution is 7.89. The van der Waals surface area contributed by atoms with E-state index in [2.05, 4.69) is 10.3 Å². The highest BCUT2D eigenvalue weighted by atomic mass is 32.2. The van der Waals surface area contributed by atoms with Crippen molar-refractivity contribution in [2.45, 2.75) is 43.8 Å². The molecule has 1 atom stereocenters. The molecule has 0 radical (unpaired) electrons. The molecular weight excluding hydrogens is 262 g/mol. The second-order valence-electron chi connectivity index (χ2n) is 4.86. The van der Waals surface area contributed by atoms with Crippen molar-refractivity contribution in [3.8, 4) is 0 Å². The van der Waals surface area contributed by atoms with Crippen molar-refractivity contribution in [2.75, 3.05) is 13.6 Å². The first-order valence-corrected chi connectivity index (χ1v) is 8.15. The predicted molar refractivity (Wildman–Crippen MR) is 74.2 cm³/mol. The first kappa shape index (κ1) is 14.4.